The van der Waals surface area contributed by atoms with E-state index < -0.39 is 10.0 Å². The summed E-state index contributed by atoms with van der Waals surface area (Å²) in [6, 6.07) is 4.53. The lowest BCUT2D eigenvalue weighted by atomic mass is 10.1. The Morgan fingerprint density at radius 2 is 2.07 bits per heavy atom. The highest BCUT2D eigenvalue weighted by molar-refractivity contribution is 7.89. The number of rotatable bonds is 2. The van der Waals surface area contributed by atoms with Crippen molar-refractivity contribution in [2.24, 2.45) is 5.14 Å². The highest BCUT2D eigenvalue weighted by Gasteiger charge is 2.16. The molecule has 0 fully saturated rings. The van der Waals surface area contributed by atoms with Crippen LogP contribution in [0.15, 0.2) is 17.0 Å². The van der Waals surface area contributed by atoms with Gasteiger partial charge in [-0.3, -0.25) is 0 Å². The van der Waals surface area contributed by atoms with E-state index in [-0.39, 0.29) is 10.5 Å². The van der Waals surface area contributed by atoms with Crippen molar-refractivity contribution in [2.75, 3.05) is 7.11 Å². The van der Waals surface area contributed by atoms with E-state index in [9.17, 15) is 8.42 Å². The minimum Gasteiger partial charge on any atom is -0.496 e. The van der Waals surface area contributed by atoms with E-state index in [0.717, 1.165) is 0 Å². The molecule has 0 aliphatic rings. The predicted octanol–water partition coefficient (Wildman–Crippen LogP) is 0.523. The van der Waals surface area contributed by atoms with Crippen LogP contribution in [0.2, 0.25) is 0 Å². The van der Waals surface area contributed by atoms with Crippen molar-refractivity contribution in [3.63, 3.8) is 0 Å². The molecule has 15 heavy (non-hydrogen) atoms. The standard InChI is InChI=1S/C9H10N2O3S/c1-6-8(14-2)3-7(5-10)4-9(6)15(11,12)13/h3-4H,1-2H3,(H2,11,12,13). The van der Waals surface area contributed by atoms with E-state index in [1.165, 1.54) is 19.2 Å². The smallest absolute Gasteiger partial charge is 0.238 e. The molecule has 0 spiro atoms. The molecule has 0 heterocycles. The second-order valence-electron chi connectivity index (χ2n) is 2.96. The zero-order valence-electron chi connectivity index (χ0n) is 8.31. The third-order valence-electron chi connectivity index (χ3n) is 1.97. The SMILES string of the molecule is COc1cc(C#N)cc(S(N)(=O)=O)c1C. The molecule has 0 saturated carbocycles. The lowest BCUT2D eigenvalue weighted by Gasteiger charge is -2.09. The van der Waals surface area contributed by atoms with Crippen LogP contribution in [0, 0.1) is 18.3 Å². The quantitative estimate of drug-likeness (QED) is 0.795. The molecule has 0 atom stereocenters. The Morgan fingerprint density at radius 1 is 1.47 bits per heavy atom. The number of methoxy groups -OCH3 is 1. The van der Waals surface area contributed by atoms with Gasteiger partial charge in [0.05, 0.1) is 23.6 Å². The second-order valence-corrected chi connectivity index (χ2v) is 4.49. The fourth-order valence-electron chi connectivity index (χ4n) is 1.23. The first-order chi connectivity index (χ1) is 6.90. The molecule has 0 aromatic heterocycles. The molecule has 1 aromatic carbocycles. The second kappa shape index (κ2) is 3.88. The van der Waals surface area contributed by atoms with Crippen molar-refractivity contribution in [2.45, 2.75) is 11.8 Å². The van der Waals surface area contributed by atoms with Crippen LogP contribution in [0.5, 0.6) is 5.75 Å². The molecule has 80 valence electrons. The average Bonchev–Trinajstić information content (AvgIpc) is 2.16. The van der Waals surface area contributed by atoms with Gasteiger partial charge in [-0.2, -0.15) is 5.26 Å². The first-order valence-corrected chi connectivity index (χ1v) is 5.56. The van der Waals surface area contributed by atoms with E-state index in [4.69, 9.17) is 15.1 Å². The first kappa shape index (κ1) is 11.5. The molecule has 1 rings (SSSR count). The van der Waals surface area contributed by atoms with E-state index in [1.807, 2.05) is 6.07 Å². The Kier molecular flexibility index (Phi) is 2.98. The largest absolute Gasteiger partial charge is 0.496 e. The summed E-state index contributed by atoms with van der Waals surface area (Å²) in [5.41, 5.74) is 0.598. The fraction of sp³-hybridized carbons (Fsp3) is 0.222. The molecular formula is C9H10N2O3S. The van der Waals surface area contributed by atoms with Gasteiger partial charge in [-0.05, 0) is 19.1 Å². The van der Waals surface area contributed by atoms with Gasteiger partial charge in [0, 0.05) is 5.56 Å². The normalized spacial score (nSPS) is 10.8. The van der Waals surface area contributed by atoms with Crippen LogP contribution in [0.1, 0.15) is 11.1 Å². The molecule has 0 amide bonds. The molecular weight excluding hydrogens is 216 g/mol. The Balaban J connectivity index is 3.60. The van der Waals surface area contributed by atoms with Crippen molar-refractivity contribution in [3.8, 4) is 11.8 Å². The summed E-state index contributed by atoms with van der Waals surface area (Å²) in [4.78, 5) is -0.0848. The van der Waals surface area contributed by atoms with Crippen molar-refractivity contribution in [1.82, 2.24) is 0 Å². The molecule has 5 nitrogen and oxygen atoms in total. The maximum Gasteiger partial charge on any atom is 0.238 e. The minimum absolute atomic E-state index is 0.0848. The highest BCUT2D eigenvalue weighted by atomic mass is 32.2. The van der Waals surface area contributed by atoms with Crippen LogP contribution in [-0.4, -0.2) is 15.5 Å². The summed E-state index contributed by atoms with van der Waals surface area (Å²) >= 11 is 0. The minimum atomic E-state index is -3.83. The van der Waals surface area contributed by atoms with Crippen LogP contribution >= 0.6 is 0 Å². The van der Waals surface area contributed by atoms with Crippen LogP contribution < -0.4 is 9.88 Å². The number of hydrogen-bond donors (Lipinski definition) is 1. The van der Waals surface area contributed by atoms with Gasteiger partial charge >= 0.3 is 0 Å². The number of ether oxygens (including phenoxy) is 1. The number of nitrogens with zero attached hydrogens (tertiary/aromatic N) is 1. The molecule has 6 heteroatoms. The molecule has 1 aromatic rings. The zero-order valence-corrected chi connectivity index (χ0v) is 9.13. The summed E-state index contributed by atoms with van der Waals surface area (Å²) in [7, 11) is -2.43. The van der Waals surface area contributed by atoms with Gasteiger partial charge in [0.15, 0.2) is 0 Å². The third-order valence-corrected chi connectivity index (χ3v) is 3.01. The Morgan fingerprint density at radius 3 is 2.47 bits per heavy atom. The van der Waals surface area contributed by atoms with Crippen molar-refractivity contribution < 1.29 is 13.2 Å². The molecule has 0 saturated heterocycles. The monoisotopic (exact) mass is 226 g/mol. The van der Waals surface area contributed by atoms with Crippen LogP contribution in [0.25, 0.3) is 0 Å². The van der Waals surface area contributed by atoms with Gasteiger partial charge < -0.3 is 4.74 Å². The van der Waals surface area contributed by atoms with E-state index >= 15 is 0 Å². The van der Waals surface area contributed by atoms with E-state index in [1.54, 1.807) is 6.92 Å². The lowest BCUT2D eigenvalue weighted by molar-refractivity contribution is 0.410. The van der Waals surface area contributed by atoms with Gasteiger partial charge in [-0.15, -0.1) is 0 Å². The van der Waals surface area contributed by atoms with Gasteiger partial charge in [0.2, 0.25) is 10.0 Å². The van der Waals surface area contributed by atoms with Crippen molar-refractivity contribution in [1.29, 1.82) is 5.26 Å². The Bertz CT molecular complexity index is 529. The maximum absolute atomic E-state index is 11.2. The maximum atomic E-state index is 11.2. The van der Waals surface area contributed by atoms with Gasteiger partial charge in [0.25, 0.3) is 0 Å². The van der Waals surface area contributed by atoms with Gasteiger partial charge in [0.1, 0.15) is 5.75 Å². The van der Waals surface area contributed by atoms with Gasteiger partial charge in [-0.1, -0.05) is 0 Å². The molecule has 0 bridgehead atoms. The summed E-state index contributed by atoms with van der Waals surface area (Å²) in [5.74, 6) is 0.332. The summed E-state index contributed by atoms with van der Waals surface area (Å²) < 4.78 is 27.4. The number of sulfonamides is 1. The number of nitriles is 1. The fourth-order valence-corrected chi connectivity index (χ4v) is 2.05. The molecule has 0 aliphatic heterocycles. The van der Waals surface area contributed by atoms with Gasteiger partial charge in [-0.25, -0.2) is 13.6 Å². The first-order valence-electron chi connectivity index (χ1n) is 4.01. The average molecular weight is 226 g/mol. The number of hydrogen-bond acceptors (Lipinski definition) is 4. The van der Waals surface area contributed by atoms with E-state index in [0.29, 0.717) is 11.3 Å². The molecule has 0 radical (unpaired) electrons. The Labute approximate surface area is 88.1 Å². The van der Waals surface area contributed by atoms with Crippen LogP contribution in [0.4, 0.5) is 0 Å². The van der Waals surface area contributed by atoms with Crippen LogP contribution in [0.3, 0.4) is 0 Å². The molecule has 2 N–H and O–H groups in total. The highest BCUT2D eigenvalue weighted by Crippen LogP contribution is 2.25. The van der Waals surface area contributed by atoms with Crippen LogP contribution in [-0.2, 0) is 10.0 Å². The Hall–Kier alpha value is -1.58. The van der Waals surface area contributed by atoms with E-state index in [2.05, 4.69) is 0 Å². The zero-order chi connectivity index (χ0) is 11.6. The summed E-state index contributed by atoms with van der Waals surface area (Å²) in [6.45, 7) is 1.57. The number of primary sulfonamides is 1. The number of nitrogens with two attached hydrogens (primary N) is 1. The molecule has 0 aliphatic carbocycles. The van der Waals surface area contributed by atoms with Crippen molar-refractivity contribution >= 4 is 10.0 Å². The lowest BCUT2D eigenvalue weighted by Crippen LogP contribution is -2.14. The number of benzene rings is 1. The summed E-state index contributed by atoms with van der Waals surface area (Å²) in [6.07, 6.45) is 0. The molecule has 0 unspecified atom stereocenters. The van der Waals surface area contributed by atoms with Crippen molar-refractivity contribution in [3.05, 3.63) is 23.3 Å². The third kappa shape index (κ3) is 2.26. The summed E-state index contributed by atoms with van der Waals surface area (Å²) in [5, 5.41) is 13.7. The topological polar surface area (TPSA) is 93.2 Å². The predicted molar refractivity (Wildman–Crippen MR) is 53.8 cm³/mol.